The van der Waals surface area contributed by atoms with Crippen molar-refractivity contribution in [2.45, 2.75) is 6.92 Å². The van der Waals surface area contributed by atoms with Gasteiger partial charge in [0.2, 0.25) is 0 Å². The number of hydrogen-bond acceptors (Lipinski definition) is 4. The minimum Gasteiger partial charge on any atom is -0.493 e. The number of amides is 2. The summed E-state index contributed by atoms with van der Waals surface area (Å²) in [5, 5.41) is 2.78. The average molecular weight is 380 g/mol. The molecule has 1 N–H and O–H groups in total. The van der Waals surface area contributed by atoms with Gasteiger partial charge in [-0.1, -0.05) is 36.4 Å². The van der Waals surface area contributed by atoms with Crippen molar-refractivity contribution in [3.05, 3.63) is 71.4 Å². The van der Waals surface area contributed by atoms with Crippen molar-refractivity contribution in [3.63, 3.8) is 0 Å². The summed E-state index contributed by atoms with van der Waals surface area (Å²) in [6, 6.07) is 16.3. The Morgan fingerprint density at radius 1 is 1.07 bits per heavy atom. The zero-order valence-corrected chi connectivity index (χ0v) is 15.9. The third kappa shape index (κ3) is 4.98. The van der Waals surface area contributed by atoms with E-state index in [9.17, 15) is 9.59 Å². The Balaban J connectivity index is 1.92. The number of ether oxygens (including phenoxy) is 2. The highest BCUT2D eigenvalue weighted by Gasteiger charge is 2.23. The van der Waals surface area contributed by atoms with Crippen molar-refractivity contribution in [2.75, 3.05) is 32.9 Å². The Hall–Kier alpha value is -3.12. The van der Waals surface area contributed by atoms with Gasteiger partial charge in [0.25, 0.3) is 11.8 Å². The van der Waals surface area contributed by atoms with Gasteiger partial charge in [0.05, 0.1) is 19.8 Å². The molecule has 1 fully saturated rings. The molecule has 146 valence electrons. The van der Waals surface area contributed by atoms with E-state index in [1.807, 2.05) is 37.3 Å². The van der Waals surface area contributed by atoms with Gasteiger partial charge in [-0.2, -0.15) is 0 Å². The number of benzene rings is 2. The van der Waals surface area contributed by atoms with Crippen molar-refractivity contribution < 1.29 is 19.1 Å². The molecule has 0 aliphatic carbocycles. The molecule has 3 rings (SSSR count). The number of para-hydroxylation sites is 1. The summed E-state index contributed by atoms with van der Waals surface area (Å²) in [4.78, 5) is 27.4. The lowest BCUT2D eigenvalue weighted by molar-refractivity contribution is -0.131. The van der Waals surface area contributed by atoms with Crippen LogP contribution in [0.15, 0.2) is 60.3 Å². The van der Waals surface area contributed by atoms with E-state index in [1.54, 1.807) is 35.2 Å². The SMILES string of the molecule is CCOc1ccccc1C=C(NC(=O)c1ccccc1)C(=O)N1CCOCC1. The summed E-state index contributed by atoms with van der Waals surface area (Å²) < 4.78 is 11.0. The molecule has 28 heavy (non-hydrogen) atoms. The lowest BCUT2D eigenvalue weighted by atomic mass is 10.1. The Labute approximate surface area is 164 Å². The molecular weight excluding hydrogens is 356 g/mol. The lowest BCUT2D eigenvalue weighted by Crippen LogP contribution is -2.44. The van der Waals surface area contributed by atoms with E-state index in [4.69, 9.17) is 9.47 Å². The van der Waals surface area contributed by atoms with Gasteiger partial charge in [-0.3, -0.25) is 9.59 Å². The number of nitrogens with zero attached hydrogens (tertiary/aromatic N) is 1. The van der Waals surface area contributed by atoms with Crippen molar-refractivity contribution in [3.8, 4) is 5.75 Å². The molecule has 1 aliphatic heterocycles. The van der Waals surface area contributed by atoms with Crippen LogP contribution in [0.2, 0.25) is 0 Å². The molecule has 0 spiro atoms. The van der Waals surface area contributed by atoms with Gasteiger partial charge in [-0.25, -0.2) is 0 Å². The third-order valence-electron chi connectivity index (χ3n) is 4.33. The maximum absolute atomic E-state index is 13.1. The number of nitrogens with one attached hydrogen (secondary N) is 1. The summed E-state index contributed by atoms with van der Waals surface area (Å²) in [5.74, 6) is 0.0903. The molecule has 0 radical (unpaired) electrons. The van der Waals surface area contributed by atoms with E-state index < -0.39 is 0 Å². The molecule has 0 bridgehead atoms. The highest BCUT2D eigenvalue weighted by Crippen LogP contribution is 2.21. The maximum Gasteiger partial charge on any atom is 0.270 e. The highest BCUT2D eigenvalue weighted by atomic mass is 16.5. The van der Waals surface area contributed by atoms with E-state index in [0.29, 0.717) is 44.2 Å². The second kappa shape index (κ2) is 9.71. The first-order valence-corrected chi connectivity index (χ1v) is 9.36. The van der Waals surface area contributed by atoms with Gasteiger partial charge >= 0.3 is 0 Å². The van der Waals surface area contributed by atoms with E-state index in [-0.39, 0.29) is 17.5 Å². The van der Waals surface area contributed by atoms with Crippen LogP contribution in [-0.4, -0.2) is 49.6 Å². The van der Waals surface area contributed by atoms with E-state index in [2.05, 4.69) is 5.32 Å². The van der Waals surface area contributed by atoms with Gasteiger partial charge in [-0.05, 0) is 31.2 Å². The van der Waals surface area contributed by atoms with Crippen LogP contribution in [0.3, 0.4) is 0 Å². The van der Waals surface area contributed by atoms with Gasteiger partial charge in [0.15, 0.2) is 0 Å². The largest absolute Gasteiger partial charge is 0.493 e. The second-order valence-electron chi connectivity index (χ2n) is 6.25. The highest BCUT2D eigenvalue weighted by molar-refractivity contribution is 6.05. The van der Waals surface area contributed by atoms with Crippen LogP contribution >= 0.6 is 0 Å². The van der Waals surface area contributed by atoms with Crippen LogP contribution < -0.4 is 10.1 Å². The normalized spacial score (nSPS) is 14.5. The number of carbonyl (C=O) groups excluding carboxylic acids is 2. The minimum absolute atomic E-state index is 0.211. The van der Waals surface area contributed by atoms with Gasteiger partial charge in [-0.15, -0.1) is 0 Å². The minimum atomic E-state index is -0.331. The Bertz CT molecular complexity index is 843. The molecule has 6 nitrogen and oxygen atoms in total. The molecular formula is C22H24N2O4. The maximum atomic E-state index is 13.1. The Morgan fingerprint density at radius 2 is 1.75 bits per heavy atom. The summed E-state index contributed by atoms with van der Waals surface area (Å²) in [6.45, 7) is 4.36. The summed E-state index contributed by atoms with van der Waals surface area (Å²) >= 11 is 0. The van der Waals surface area contributed by atoms with E-state index >= 15 is 0 Å². The van der Waals surface area contributed by atoms with Crippen LogP contribution in [0.5, 0.6) is 5.75 Å². The molecule has 1 saturated heterocycles. The van der Waals surface area contributed by atoms with Gasteiger partial charge in [0, 0.05) is 24.2 Å². The van der Waals surface area contributed by atoms with Crippen molar-refractivity contribution in [1.82, 2.24) is 10.2 Å². The Kier molecular flexibility index (Phi) is 6.81. The third-order valence-corrected chi connectivity index (χ3v) is 4.33. The molecule has 0 saturated carbocycles. The second-order valence-corrected chi connectivity index (χ2v) is 6.25. The van der Waals surface area contributed by atoms with Crippen LogP contribution in [0.4, 0.5) is 0 Å². The summed E-state index contributed by atoms with van der Waals surface area (Å²) in [7, 11) is 0. The zero-order valence-electron chi connectivity index (χ0n) is 15.9. The van der Waals surface area contributed by atoms with Crippen LogP contribution in [-0.2, 0) is 9.53 Å². The smallest absolute Gasteiger partial charge is 0.270 e. The molecule has 0 aromatic heterocycles. The standard InChI is InChI=1S/C22H24N2O4/c1-2-28-20-11-7-6-10-18(20)16-19(22(26)24-12-14-27-15-13-24)23-21(25)17-8-4-3-5-9-17/h3-11,16H,2,12-15H2,1H3,(H,23,25). The number of hydrogen-bond donors (Lipinski definition) is 1. The predicted octanol–water partition coefficient (Wildman–Crippen LogP) is 2.72. The fourth-order valence-electron chi connectivity index (χ4n) is 2.91. The summed E-state index contributed by atoms with van der Waals surface area (Å²) in [5.41, 5.74) is 1.43. The quantitative estimate of drug-likeness (QED) is 0.783. The monoisotopic (exact) mass is 380 g/mol. The van der Waals surface area contributed by atoms with Crippen molar-refractivity contribution in [2.24, 2.45) is 0 Å². The van der Waals surface area contributed by atoms with Crippen LogP contribution in [0, 0.1) is 0 Å². The Morgan fingerprint density at radius 3 is 2.46 bits per heavy atom. The molecule has 0 unspecified atom stereocenters. The fraction of sp³-hybridized carbons (Fsp3) is 0.273. The van der Waals surface area contributed by atoms with E-state index in [0.717, 1.165) is 5.56 Å². The van der Waals surface area contributed by atoms with E-state index in [1.165, 1.54) is 0 Å². The molecule has 1 heterocycles. The van der Waals surface area contributed by atoms with Crippen LogP contribution in [0.1, 0.15) is 22.8 Å². The number of morpholine rings is 1. The first kappa shape index (κ1) is 19.6. The van der Waals surface area contributed by atoms with Gasteiger partial charge in [0.1, 0.15) is 11.4 Å². The lowest BCUT2D eigenvalue weighted by Gasteiger charge is -2.28. The molecule has 2 amide bonds. The van der Waals surface area contributed by atoms with Crippen molar-refractivity contribution in [1.29, 1.82) is 0 Å². The zero-order chi connectivity index (χ0) is 19.8. The van der Waals surface area contributed by atoms with Crippen molar-refractivity contribution >= 4 is 17.9 Å². The number of rotatable bonds is 6. The number of carbonyl (C=O) groups is 2. The topological polar surface area (TPSA) is 67.9 Å². The fourth-order valence-corrected chi connectivity index (χ4v) is 2.91. The summed E-state index contributed by atoms with van der Waals surface area (Å²) in [6.07, 6.45) is 1.67. The molecule has 2 aromatic rings. The predicted molar refractivity (Wildman–Crippen MR) is 107 cm³/mol. The molecule has 6 heteroatoms. The first-order chi connectivity index (χ1) is 13.7. The van der Waals surface area contributed by atoms with Crippen LogP contribution in [0.25, 0.3) is 6.08 Å². The first-order valence-electron chi connectivity index (χ1n) is 9.36. The average Bonchev–Trinajstić information content (AvgIpc) is 2.75. The molecule has 1 aliphatic rings. The molecule has 2 aromatic carbocycles. The van der Waals surface area contributed by atoms with Gasteiger partial charge < -0.3 is 19.7 Å². The molecule has 0 atom stereocenters.